The Hall–Kier alpha value is -1.86. The zero-order valence-corrected chi connectivity index (χ0v) is 17.4. The summed E-state index contributed by atoms with van der Waals surface area (Å²) >= 11 is 7.73. The van der Waals surface area contributed by atoms with E-state index in [1.807, 2.05) is 4.90 Å². The topological polar surface area (TPSA) is 67.3 Å². The van der Waals surface area contributed by atoms with Crippen LogP contribution in [0.1, 0.15) is 42.6 Å². The third kappa shape index (κ3) is 5.11. The Morgan fingerprint density at radius 2 is 2.26 bits per heavy atom. The highest BCUT2D eigenvalue weighted by Crippen LogP contribution is 2.31. The molecule has 8 heteroatoms. The maximum atomic E-state index is 12.8. The summed E-state index contributed by atoms with van der Waals surface area (Å²) in [6, 6.07) is 5.03. The molecule has 0 saturated carbocycles. The van der Waals surface area contributed by atoms with Crippen molar-refractivity contribution >= 4 is 34.7 Å². The van der Waals surface area contributed by atoms with Crippen LogP contribution in [0, 0.1) is 5.92 Å². The van der Waals surface area contributed by atoms with Crippen LogP contribution in [0.2, 0.25) is 5.02 Å². The monoisotopic (exact) mass is 408 g/mol. The van der Waals surface area contributed by atoms with Crippen molar-refractivity contribution in [3.8, 4) is 5.75 Å². The first-order valence-corrected chi connectivity index (χ1v) is 10.4. The van der Waals surface area contributed by atoms with Crippen LogP contribution in [0.4, 0.5) is 10.5 Å². The number of likely N-dealkylation sites (tertiary alicyclic amines) is 1. The molecule has 1 aromatic carbocycles. The standard InChI is InChI=1S/C19H25ClN4O2S/c1-12(2)9-17-22-23-18(27-17)13-5-4-8-24(11-13)19(25)21-15-10-14(20)6-7-16(15)26-3/h6-7,10,12-13H,4-5,8-9,11H2,1-3H3,(H,21,25). The van der Waals surface area contributed by atoms with Crippen molar-refractivity contribution in [2.75, 3.05) is 25.5 Å². The SMILES string of the molecule is COc1ccc(Cl)cc1NC(=O)N1CCCC(c2nnc(CC(C)C)s2)C1. The van der Waals surface area contributed by atoms with Gasteiger partial charge in [0.25, 0.3) is 0 Å². The molecule has 146 valence electrons. The molecule has 2 amide bonds. The molecule has 0 aliphatic carbocycles. The van der Waals surface area contributed by atoms with Crippen LogP contribution in [-0.2, 0) is 6.42 Å². The summed E-state index contributed by atoms with van der Waals surface area (Å²) < 4.78 is 5.30. The fourth-order valence-corrected chi connectivity index (χ4v) is 4.55. The number of aromatic nitrogens is 2. The highest BCUT2D eigenvalue weighted by molar-refractivity contribution is 7.11. The van der Waals surface area contributed by atoms with E-state index in [4.69, 9.17) is 16.3 Å². The quantitative estimate of drug-likeness (QED) is 0.770. The van der Waals surface area contributed by atoms with Gasteiger partial charge in [0, 0.05) is 30.5 Å². The normalized spacial score (nSPS) is 17.2. The summed E-state index contributed by atoms with van der Waals surface area (Å²) in [5.41, 5.74) is 0.576. The van der Waals surface area contributed by atoms with Crippen molar-refractivity contribution < 1.29 is 9.53 Å². The molecule has 1 fully saturated rings. The van der Waals surface area contributed by atoms with E-state index in [1.165, 1.54) is 0 Å². The minimum atomic E-state index is -0.146. The summed E-state index contributed by atoms with van der Waals surface area (Å²) in [5, 5.41) is 14.3. The van der Waals surface area contributed by atoms with Gasteiger partial charge in [-0.05, 0) is 37.0 Å². The number of hydrogen-bond donors (Lipinski definition) is 1. The van der Waals surface area contributed by atoms with Crippen LogP contribution in [0.15, 0.2) is 18.2 Å². The maximum Gasteiger partial charge on any atom is 0.321 e. The molecule has 1 unspecified atom stereocenters. The van der Waals surface area contributed by atoms with E-state index in [-0.39, 0.29) is 11.9 Å². The first-order chi connectivity index (χ1) is 13.0. The Bertz CT molecular complexity index is 796. The minimum absolute atomic E-state index is 0.146. The maximum absolute atomic E-state index is 12.8. The van der Waals surface area contributed by atoms with Gasteiger partial charge in [0.1, 0.15) is 15.8 Å². The number of methoxy groups -OCH3 is 1. The van der Waals surface area contributed by atoms with Crippen molar-refractivity contribution in [1.82, 2.24) is 15.1 Å². The lowest BCUT2D eigenvalue weighted by atomic mass is 9.99. The number of carbonyl (C=O) groups is 1. The van der Waals surface area contributed by atoms with Gasteiger partial charge in [-0.3, -0.25) is 0 Å². The summed E-state index contributed by atoms with van der Waals surface area (Å²) in [4.78, 5) is 14.6. The molecule has 1 aliphatic heterocycles. The summed E-state index contributed by atoms with van der Waals surface area (Å²) in [6.45, 7) is 5.73. The van der Waals surface area contributed by atoms with Crippen LogP contribution in [0.25, 0.3) is 0 Å². The molecule has 6 nitrogen and oxygen atoms in total. The third-order valence-corrected chi connectivity index (χ3v) is 5.87. The molecule has 3 rings (SSSR count). The molecule has 1 N–H and O–H groups in total. The van der Waals surface area contributed by atoms with Gasteiger partial charge in [0.2, 0.25) is 0 Å². The van der Waals surface area contributed by atoms with Gasteiger partial charge in [-0.25, -0.2) is 4.79 Å². The highest BCUT2D eigenvalue weighted by atomic mass is 35.5. The number of hydrogen-bond acceptors (Lipinski definition) is 5. The summed E-state index contributed by atoms with van der Waals surface area (Å²) in [7, 11) is 1.57. The lowest BCUT2D eigenvalue weighted by Gasteiger charge is -2.31. The molecule has 2 aromatic rings. The number of anilines is 1. The average molecular weight is 409 g/mol. The lowest BCUT2D eigenvalue weighted by molar-refractivity contribution is 0.192. The number of urea groups is 1. The number of rotatable bonds is 5. The number of halogens is 1. The van der Waals surface area contributed by atoms with Crippen molar-refractivity contribution in [2.45, 2.75) is 39.0 Å². The molecule has 0 spiro atoms. The lowest BCUT2D eigenvalue weighted by Crippen LogP contribution is -2.41. The first-order valence-electron chi connectivity index (χ1n) is 9.18. The van der Waals surface area contributed by atoms with Gasteiger partial charge in [-0.2, -0.15) is 0 Å². The van der Waals surface area contributed by atoms with Gasteiger partial charge in [0.05, 0.1) is 12.8 Å². The molecule has 1 aliphatic rings. The molecule has 1 saturated heterocycles. The van der Waals surface area contributed by atoms with Gasteiger partial charge in [0.15, 0.2) is 0 Å². The Morgan fingerprint density at radius 3 is 3.00 bits per heavy atom. The van der Waals surface area contributed by atoms with Crippen molar-refractivity contribution in [1.29, 1.82) is 0 Å². The van der Waals surface area contributed by atoms with Crippen molar-refractivity contribution in [3.05, 3.63) is 33.2 Å². The van der Waals surface area contributed by atoms with Crippen LogP contribution in [0.3, 0.4) is 0 Å². The Balaban J connectivity index is 1.66. The van der Waals surface area contributed by atoms with E-state index in [0.29, 0.717) is 28.9 Å². The number of amides is 2. The smallest absolute Gasteiger partial charge is 0.321 e. The second-order valence-corrected chi connectivity index (χ2v) is 8.72. The van der Waals surface area contributed by atoms with E-state index < -0.39 is 0 Å². The fourth-order valence-electron chi connectivity index (χ4n) is 3.20. The van der Waals surface area contributed by atoms with E-state index in [0.717, 1.165) is 35.8 Å². The zero-order valence-electron chi connectivity index (χ0n) is 15.9. The largest absolute Gasteiger partial charge is 0.495 e. The summed E-state index contributed by atoms with van der Waals surface area (Å²) in [5.74, 6) is 1.39. The first kappa shape index (κ1) is 19.9. The molecule has 0 radical (unpaired) electrons. The molecule has 1 aromatic heterocycles. The second kappa shape index (κ2) is 8.89. The number of piperidine rings is 1. The van der Waals surface area contributed by atoms with Crippen molar-refractivity contribution in [2.24, 2.45) is 5.92 Å². The Morgan fingerprint density at radius 1 is 1.44 bits per heavy atom. The van der Waals surface area contributed by atoms with E-state index in [9.17, 15) is 4.79 Å². The molecule has 2 heterocycles. The number of benzene rings is 1. The summed E-state index contributed by atoms with van der Waals surface area (Å²) in [6.07, 6.45) is 2.92. The van der Waals surface area contributed by atoms with Crippen LogP contribution in [0.5, 0.6) is 5.75 Å². The van der Waals surface area contributed by atoms with Gasteiger partial charge in [-0.1, -0.05) is 25.4 Å². The molecule has 0 bridgehead atoms. The Labute approximate surface area is 168 Å². The van der Waals surface area contributed by atoms with Crippen LogP contribution >= 0.6 is 22.9 Å². The molecular weight excluding hydrogens is 384 g/mol. The van der Waals surface area contributed by atoms with Gasteiger partial charge in [-0.15, -0.1) is 21.5 Å². The fraction of sp³-hybridized carbons (Fsp3) is 0.526. The number of ether oxygens (including phenoxy) is 1. The third-order valence-electron chi connectivity index (χ3n) is 4.53. The molecule has 1 atom stereocenters. The zero-order chi connectivity index (χ0) is 19.4. The number of carbonyl (C=O) groups excluding carboxylic acids is 1. The van der Waals surface area contributed by atoms with Gasteiger partial charge >= 0.3 is 6.03 Å². The number of nitrogens with zero attached hydrogens (tertiary/aromatic N) is 3. The highest BCUT2D eigenvalue weighted by Gasteiger charge is 2.27. The average Bonchev–Trinajstić information content (AvgIpc) is 3.10. The Kier molecular flexibility index (Phi) is 6.55. The molecular formula is C19H25ClN4O2S. The van der Waals surface area contributed by atoms with Crippen molar-refractivity contribution in [3.63, 3.8) is 0 Å². The van der Waals surface area contributed by atoms with Crippen LogP contribution < -0.4 is 10.1 Å². The second-order valence-electron chi connectivity index (χ2n) is 7.19. The van der Waals surface area contributed by atoms with Gasteiger partial charge < -0.3 is 15.0 Å². The van der Waals surface area contributed by atoms with E-state index in [2.05, 4.69) is 29.4 Å². The number of nitrogens with one attached hydrogen (secondary N) is 1. The van der Waals surface area contributed by atoms with E-state index >= 15 is 0 Å². The van der Waals surface area contributed by atoms with Crippen LogP contribution in [-0.4, -0.2) is 41.3 Å². The predicted molar refractivity (Wildman–Crippen MR) is 109 cm³/mol. The minimum Gasteiger partial charge on any atom is -0.495 e. The molecule has 27 heavy (non-hydrogen) atoms. The van der Waals surface area contributed by atoms with E-state index in [1.54, 1.807) is 36.6 Å². The predicted octanol–water partition coefficient (Wildman–Crippen LogP) is 4.81.